The predicted molar refractivity (Wildman–Crippen MR) is 63.5 cm³/mol. The number of nitrogens with one attached hydrogen (secondary N) is 1. The van der Waals surface area contributed by atoms with Crippen molar-refractivity contribution in [1.29, 1.82) is 0 Å². The van der Waals surface area contributed by atoms with Gasteiger partial charge in [-0.3, -0.25) is 9.59 Å². The summed E-state index contributed by atoms with van der Waals surface area (Å²) in [4.78, 5) is 22.0. The number of hydrogen-bond acceptors (Lipinski definition) is 3. The number of nitrogens with two attached hydrogens (primary N) is 1. The quantitative estimate of drug-likeness (QED) is 0.741. The van der Waals surface area contributed by atoms with Gasteiger partial charge in [-0.1, -0.05) is 18.2 Å². The number of hydrogen-bond donors (Lipinski definition) is 2. The van der Waals surface area contributed by atoms with Crippen molar-refractivity contribution >= 4 is 11.8 Å². The summed E-state index contributed by atoms with van der Waals surface area (Å²) in [6, 6.07) is 7.31. The summed E-state index contributed by atoms with van der Waals surface area (Å²) in [5.74, 6) is 0.0934. The Morgan fingerprint density at radius 3 is 2.71 bits per heavy atom. The van der Waals surface area contributed by atoms with E-state index in [4.69, 9.17) is 10.5 Å². The zero-order valence-corrected chi connectivity index (χ0v) is 9.73. The SMILES string of the molecule is COc1ccccc1CC(=O)NCCC(N)=O. The van der Waals surface area contributed by atoms with Crippen LogP contribution in [0.3, 0.4) is 0 Å². The molecular formula is C12H16N2O3. The summed E-state index contributed by atoms with van der Waals surface area (Å²) < 4.78 is 5.13. The van der Waals surface area contributed by atoms with Gasteiger partial charge in [0.1, 0.15) is 5.75 Å². The van der Waals surface area contributed by atoms with Crippen LogP contribution in [0.1, 0.15) is 12.0 Å². The molecule has 0 bridgehead atoms. The molecule has 0 unspecified atom stereocenters. The van der Waals surface area contributed by atoms with E-state index >= 15 is 0 Å². The molecule has 0 aliphatic carbocycles. The lowest BCUT2D eigenvalue weighted by Gasteiger charge is -2.08. The van der Waals surface area contributed by atoms with Crippen molar-refractivity contribution in [1.82, 2.24) is 5.32 Å². The molecule has 0 aliphatic heterocycles. The third-order valence-electron chi connectivity index (χ3n) is 2.24. The highest BCUT2D eigenvalue weighted by Gasteiger charge is 2.07. The van der Waals surface area contributed by atoms with Gasteiger partial charge in [0.2, 0.25) is 11.8 Å². The Kier molecular flexibility index (Phi) is 5.00. The second-order valence-electron chi connectivity index (χ2n) is 3.55. The monoisotopic (exact) mass is 236 g/mol. The Bertz CT molecular complexity index is 404. The summed E-state index contributed by atoms with van der Waals surface area (Å²) in [6.45, 7) is 0.267. The van der Waals surface area contributed by atoms with Crippen LogP contribution < -0.4 is 15.8 Å². The molecule has 1 aromatic carbocycles. The summed E-state index contributed by atoms with van der Waals surface area (Å²) >= 11 is 0. The Hall–Kier alpha value is -2.04. The van der Waals surface area contributed by atoms with Gasteiger partial charge in [-0.15, -0.1) is 0 Å². The number of para-hydroxylation sites is 1. The minimum atomic E-state index is -0.428. The van der Waals surface area contributed by atoms with E-state index in [0.29, 0.717) is 5.75 Å². The molecule has 0 radical (unpaired) electrons. The second-order valence-corrected chi connectivity index (χ2v) is 3.55. The van der Waals surface area contributed by atoms with Gasteiger partial charge in [0.25, 0.3) is 0 Å². The fourth-order valence-corrected chi connectivity index (χ4v) is 1.41. The first-order chi connectivity index (χ1) is 8.13. The molecule has 92 valence electrons. The van der Waals surface area contributed by atoms with Crippen LogP contribution in [-0.2, 0) is 16.0 Å². The summed E-state index contributed by atoms with van der Waals surface area (Å²) in [5, 5.41) is 2.62. The van der Waals surface area contributed by atoms with Gasteiger partial charge in [-0.05, 0) is 6.07 Å². The van der Waals surface area contributed by atoms with Gasteiger partial charge >= 0.3 is 0 Å². The molecular weight excluding hydrogens is 220 g/mol. The van der Waals surface area contributed by atoms with Crippen molar-refractivity contribution in [3.05, 3.63) is 29.8 Å². The Morgan fingerprint density at radius 2 is 2.06 bits per heavy atom. The fourth-order valence-electron chi connectivity index (χ4n) is 1.41. The highest BCUT2D eigenvalue weighted by Crippen LogP contribution is 2.17. The number of benzene rings is 1. The Morgan fingerprint density at radius 1 is 1.35 bits per heavy atom. The smallest absolute Gasteiger partial charge is 0.224 e. The third-order valence-corrected chi connectivity index (χ3v) is 2.24. The average Bonchev–Trinajstić information content (AvgIpc) is 2.29. The van der Waals surface area contributed by atoms with E-state index in [1.165, 1.54) is 0 Å². The lowest BCUT2D eigenvalue weighted by Crippen LogP contribution is -2.29. The van der Waals surface area contributed by atoms with Crippen LogP contribution in [0, 0.1) is 0 Å². The fraction of sp³-hybridized carbons (Fsp3) is 0.333. The van der Waals surface area contributed by atoms with Gasteiger partial charge in [0.15, 0.2) is 0 Å². The number of amides is 2. The molecule has 0 heterocycles. The molecule has 0 aromatic heterocycles. The van der Waals surface area contributed by atoms with E-state index in [1.54, 1.807) is 13.2 Å². The van der Waals surface area contributed by atoms with Crippen molar-refractivity contribution < 1.29 is 14.3 Å². The molecule has 0 saturated carbocycles. The molecule has 17 heavy (non-hydrogen) atoms. The van der Waals surface area contributed by atoms with E-state index < -0.39 is 5.91 Å². The summed E-state index contributed by atoms with van der Waals surface area (Å²) in [7, 11) is 1.56. The number of carbonyl (C=O) groups is 2. The first-order valence-electron chi connectivity index (χ1n) is 5.30. The third kappa shape index (κ3) is 4.55. The molecule has 2 amide bonds. The van der Waals surface area contributed by atoms with Crippen molar-refractivity contribution in [3.63, 3.8) is 0 Å². The number of methoxy groups -OCH3 is 1. The minimum absolute atomic E-state index is 0.150. The van der Waals surface area contributed by atoms with E-state index in [-0.39, 0.29) is 25.3 Å². The second kappa shape index (κ2) is 6.52. The molecule has 0 saturated heterocycles. The first-order valence-corrected chi connectivity index (χ1v) is 5.30. The molecule has 1 aromatic rings. The van der Waals surface area contributed by atoms with Gasteiger partial charge in [-0.25, -0.2) is 0 Å². The number of ether oxygens (including phenoxy) is 1. The molecule has 3 N–H and O–H groups in total. The van der Waals surface area contributed by atoms with Crippen LogP contribution in [0.4, 0.5) is 0 Å². The predicted octanol–water partition coefficient (Wildman–Crippen LogP) is 0.229. The van der Waals surface area contributed by atoms with Crippen molar-refractivity contribution in [2.24, 2.45) is 5.73 Å². The van der Waals surface area contributed by atoms with Crippen LogP contribution in [0.15, 0.2) is 24.3 Å². The first kappa shape index (κ1) is 13.0. The maximum absolute atomic E-state index is 11.5. The zero-order chi connectivity index (χ0) is 12.7. The Balaban J connectivity index is 2.47. The molecule has 5 heteroatoms. The average molecular weight is 236 g/mol. The standard InChI is InChI=1S/C12H16N2O3/c1-17-10-5-3-2-4-9(10)8-12(16)14-7-6-11(13)15/h2-5H,6-8H2,1H3,(H2,13,15)(H,14,16). The van der Waals surface area contributed by atoms with Crippen molar-refractivity contribution in [3.8, 4) is 5.75 Å². The minimum Gasteiger partial charge on any atom is -0.496 e. The van der Waals surface area contributed by atoms with Crippen LogP contribution in [0.5, 0.6) is 5.75 Å². The number of rotatable bonds is 6. The topological polar surface area (TPSA) is 81.4 Å². The number of carbonyl (C=O) groups excluding carboxylic acids is 2. The largest absolute Gasteiger partial charge is 0.496 e. The zero-order valence-electron chi connectivity index (χ0n) is 9.73. The Labute approximate surface area is 99.9 Å². The highest BCUT2D eigenvalue weighted by molar-refractivity contribution is 5.80. The molecule has 0 atom stereocenters. The lowest BCUT2D eigenvalue weighted by molar-refractivity contribution is -0.120. The van der Waals surface area contributed by atoms with E-state index in [2.05, 4.69) is 5.32 Å². The van der Waals surface area contributed by atoms with E-state index in [9.17, 15) is 9.59 Å². The molecule has 0 aliphatic rings. The maximum atomic E-state index is 11.5. The molecule has 5 nitrogen and oxygen atoms in total. The van der Waals surface area contributed by atoms with E-state index in [1.807, 2.05) is 18.2 Å². The van der Waals surface area contributed by atoms with Crippen LogP contribution in [0.25, 0.3) is 0 Å². The summed E-state index contributed by atoms with van der Waals surface area (Å²) in [5.41, 5.74) is 5.78. The molecule has 0 spiro atoms. The molecule has 0 fully saturated rings. The van der Waals surface area contributed by atoms with Gasteiger partial charge in [0, 0.05) is 18.5 Å². The van der Waals surface area contributed by atoms with Crippen LogP contribution >= 0.6 is 0 Å². The number of primary amides is 1. The van der Waals surface area contributed by atoms with Gasteiger partial charge in [0.05, 0.1) is 13.5 Å². The van der Waals surface area contributed by atoms with E-state index in [0.717, 1.165) is 5.56 Å². The normalized spacial score (nSPS) is 9.71. The lowest BCUT2D eigenvalue weighted by atomic mass is 10.1. The van der Waals surface area contributed by atoms with Crippen molar-refractivity contribution in [2.45, 2.75) is 12.8 Å². The van der Waals surface area contributed by atoms with Crippen LogP contribution in [-0.4, -0.2) is 25.5 Å². The van der Waals surface area contributed by atoms with Crippen LogP contribution in [0.2, 0.25) is 0 Å². The van der Waals surface area contributed by atoms with Gasteiger partial charge < -0.3 is 15.8 Å². The highest BCUT2D eigenvalue weighted by atomic mass is 16.5. The maximum Gasteiger partial charge on any atom is 0.224 e. The van der Waals surface area contributed by atoms with Gasteiger partial charge in [-0.2, -0.15) is 0 Å². The van der Waals surface area contributed by atoms with Crippen molar-refractivity contribution in [2.75, 3.05) is 13.7 Å². The molecule has 1 rings (SSSR count). The summed E-state index contributed by atoms with van der Waals surface area (Å²) in [6.07, 6.45) is 0.375.